The molecule has 31 heavy (non-hydrogen) atoms. The quantitative estimate of drug-likeness (QED) is 0.498. The van der Waals surface area contributed by atoms with Gasteiger partial charge in [-0.1, -0.05) is 53.5 Å². The minimum Gasteiger partial charge on any atom is -0.325 e. The number of nitrogens with one attached hydrogen (secondary N) is 1. The van der Waals surface area contributed by atoms with Crippen LogP contribution in [-0.2, 0) is 15.0 Å². The van der Waals surface area contributed by atoms with E-state index in [1.165, 1.54) is 12.1 Å². The summed E-state index contributed by atoms with van der Waals surface area (Å²) in [6.45, 7) is 0. The van der Waals surface area contributed by atoms with E-state index in [1.54, 1.807) is 36.4 Å². The second kappa shape index (κ2) is 7.47. The molecule has 1 amide bonds. The van der Waals surface area contributed by atoms with E-state index in [-0.39, 0.29) is 24.5 Å². The Bertz CT molecular complexity index is 1170. The van der Waals surface area contributed by atoms with Gasteiger partial charge in [-0.05, 0) is 53.1 Å². The zero-order valence-corrected chi connectivity index (χ0v) is 17.9. The van der Waals surface area contributed by atoms with Crippen LogP contribution in [0.5, 0.6) is 0 Å². The first-order valence-corrected chi connectivity index (χ1v) is 10.8. The van der Waals surface area contributed by atoms with Crippen LogP contribution in [0.25, 0.3) is 0 Å². The van der Waals surface area contributed by atoms with Crippen molar-refractivity contribution < 1.29 is 14.0 Å². The highest BCUT2D eigenvalue weighted by atomic mass is 35.5. The van der Waals surface area contributed by atoms with Crippen LogP contribution in [0.15, 0.2) is 66.7 Å². The molecule has 3 unspecified atom stereocenters. The van der Waals surface area contributed by atoms with Crippen LogP contribution in [0.2, 0.25) is 10.0 Å². The van der Waals surface area contributed by atoms with Crippen molar-refractivity contribution in [1.29, 1.82) is 0 Å². The Hall–Kier alpha value is -2.69. The lowest BCUT2D eigenvalue weighted by molar-refractivity contribution is -0.128. The molecule has 2 aliphatic rings. The normalized spacial score (nSPS) is 24.9. The van der Waals surface area contributed by atoms with Crippen molar-refractivity contribution in [2.24, 2.45) is 0 Å². The van der Waals surface area contributed by atoms with E-state index < -0.39 is 23.1 Å². The minimum atomic E-state index is -1.09. The second-order valence-corrected chi connectivity index (χ2v) is 9.05. The number of Topliss-reactive ketones (excluding diaryl/α,β-unsaturated/α-hetero) is 1. The molecule has 3 aromatic rings. The Balaban J connectivity index is 1.81. The highest BCUT2D eigenvalue weighted by Crippen LogP contribution is 2.60. The molecule has 1 heterocycles. The number of amides is 1. The molecule has 5 rings (SSSR count). The third-order valence-electron chi connectivity index (χ3n) is 6.52. The smallest absolute Gasteiger partial charge is 0.236 e. The lowest BCUT2D eigenvalue weighted by Gasteiger charge is -2.46. The maximum absolute atomic E-state index is 14.2. The number of fused-ring (bicyclic) bond motifs is 2. The fraction of sp³-hybridized carbons (Fsp3) is 0.200. The molecule has 0 aromatic heterocycles. The van der Waals surface area contributed by atoms with Gasteiger partial charge in [-0.2, -0.15) is 0 Å². The van der Waals surface area contributed by atoms with Crippen molar-refractivity contribution in [3.05, 3.63) is 99.3 Å². The van der Waals surface area contributed by atoms with E-state index in [2.05, 4.69) is 5.32 Å². The van der Waals surface area contributed by atoms with E-state index in [1.807, 2.05) is 18.2 Å². The largest absolute Gasteiger partial charge is 0.325 e. The molecule has 1 aliphatic heterocycles. The maximum atomic E-state index is 14.2. The van der Waals surface area contributed by atoms with Gasteiger partial charge in [0, 0.05) is 40.4 Å². The summed E-state index contributed by atoms with van der Waals surface area (Å²) in [5.74, 6) is -1.57. The van der Waals surface area contributed by atoms with E-state index in [0.29, 0.717) is 21.3 Å². The zero-order chi connectivity index (χ0) is 21.8. The summed E-state index contributed by atoms with van der Waals surface area (Å²) in [7, 11) is 0. The summed E-state index contributed by atoms with van der Waals surface area (Å²) in [5.41, 5.74) is 1.73. The van der Waals surface area contributed by atoms with Crippen molar-refractivity contribution in [1.82, 2.24) is 0 Å². The molecule has 1 N–H and O–H groups in total. The molecule has 156 valence electrons. The molecule has 0 saturated heterocycles. The van der Waals surface area contributed by atoms with E-state index in [0.717, 1.165) is 11.1 Å². The Morgan fingerprint density at radius 1 is 0.839 bits per heavy atom. The zero-order valence-electron chi connectivity index (χ0n) is 16.4. The van der Waals surface area contributed by atoms with E-state index in [4.69, 9.17) is 23.2 Å². The highest BCUT2D eigenvalue weighted by molar-refractivity contribution is 6.31. The van der Waals surface area contributed by atoms with Crippen molar-refractivity contribution in [3.8, 4) is 0 Å². The van der Waals surface area contributed by atoms with Crippen LogP contribution in [-0.4, -0.2) is 11.7 Å². The average Bonchev–Trinajstić information content (AvgIpc) is 3.01. The first-order chi connectivity index (χ1) is 14.9. The molecular formula is C25H18Cl2FNO2. The van der Waals surface area contributed by atoms with Crippen molar-refractivity contribution >= 4 is 40.6 Å². The van der Waals surface area contributed by atoms with Gasteiger partial charge in [-0.25, -0.2) is 4.39 Å². The molecule has 3 atom stereocenters. The fourth-order valence-electron chi connectivity index (χ4n) is 5.33. The third-order valence-corrected chi connectivity index (χ3v) is 6.99. The van der Waals surface area contributed by atoms with Gasteiger partial charge in [0.15, 0.2) is 0 Å². The van der Waals surface area contributed by atoms with Gasteiger partial charge in [0.25, 0.3) is 0 Å². The first kappa shape index (κ1) is 20.2. The van der Waals surface area contributed by atoms with Gasteiger partial charge in [0.1, 0.15) is 11.6 Å². The SMILES string of the molecule is O=C1CC(c2cccc(F)c2)C2(C(=O)Nc3cc(Cl)ccc32)C(c2cccc(Cl)c2)C1. The predicted octanol–water partition coefficient (Wildman–Crippen LogP) is 6.25. The number of carbonyl (C=O) groups excluding carboxylic acids is 2. The molecule has 3 aromatic carbocycles. The Morgan fingerprint density at radius 2 is 1.48 bits per heavy atom. The average molecular weight is 454 g/mol. The molecule has 1 fully saturated rings. The van der Waals surface area contributed by atoms with Crippen molar-refractivity contribution in [2.75, 3.05) is 5.32 Å². The number of carbonyl (C=O) groups is 2. The summed E-state index contributed by atoms with van der Waals surface area (Å²) < 4.78 is 14.2. The van der Waals surface area contributed by atoms with Gasteiger partial charge < -0.3 is 5.32 Å². The highest BCUT2D eigenvalue weighted by Gasteiger charge is 2.60. The Morgan fingerprint density at radius 3 is 2.16 bits per heavy atom. The van der Waals surface area contributed by atoms with Gasteiger partial charge in [-0.3, -0.25) is 9.59 Å². The van der Waals surface area contributed by atoms with E-state index in [9.17, 15) is 14.0 Å². The predicted molar refractivity (Wildman–Crippen MR) is 119 cm³/mol. The lowest BCUT2D eigenvalue weighted by Crippen LogP contribution is -2.50. The fourth-order valence-corrected chi connectivity index (χ4v) is 5.70. The van der Waals surface area contributed by atoms with Crippen LogP contribution >= 0.6 is 23.2 Å². The summed E-state index contributed by atoms with van der Waals surface area (Å²) >= 11 is 12.5. The summed E-state index contributed by atoms with van der Waals surface area (Å²) in [6, 6.07) is 18.7. The molecule has 6 heteroatoms. The van der Waals surface area contributed by atoms with Gasteiger partial charge >= 0.3 is 0 Å². The number of halogens is 3. The number of hydrogen-bond acceptors (Lipinski definition) is 2. The van der Waals surface area contributed by atoms with Crippen LogP contribution in [0.4, 0.5) is 10.1 Å². The Labute approximate surface area is 189 Å². The Kier molecular flexibility index (Phi) is 4.87. The minimum absolute atomic E-state index is 0.0278. The van der Waals surface area contributed by atoms with E-state index >= 15 is 0 Å². The standard InChI is InChI=1S/C25H18Cl2FNO2/c26-16-5-1-3-14(9-16)21-12-19(30)13-22(15-4-2-6-18(28)10-15)25(21)20-8-7-17(27)11-23(20)29-24(25)31/h1-11,21-22H,12-13H2,(H,29,31). The number of ketones is 1. The van der Waals surface area contributed by atoms with Crippen molar-refractivity contribution in [2.45, 2.75) is 30.1 Å². The van der Waals surface area contributed by atoms with Gasteiger partial charge in [0.2, 0.25) is 5.91 Å². The number of benzene rings is 3. The number of hydrogen-bond donors (Lipinski definition) is 1. The molecule has 1 aliphatic carbocycles. The summed E-state index contributed by atoms with van der Waals surface area (Å²) in [4.78, 5) is 26.7. The van der Waals surface area contributed by atoms with Crippen molar-refractivity contribution in [3.63, 3.8) is 0 Å². The van der Waals surface area contributed by atoms with Gasteiger partial charge in [0.05, 0.1) is 5.41 Å². The second-order valence-electron chi connectivity index (χ2n) is 8.18. The summed E-state index contributed by atoms with van der Waals surface area (Å²) in [6.07, 6.45) is 0.345. The summed E-state index contributed by atoms with van der Waals surface area (Å²) in [5, 5.41) is 4.02. The topological polar surface area (TPSA) is 46.2 Å². The molecule has 1 spiro atoms. The first-order valence-electron chi connectivity index (χ1n) is 10.0. The van der Waals surface area contributed by atoms with Crippen LogP contribution < -0.4 is 5.32 Å². The maximum Gasteiger partial charge on any atom is 0.236 e. The molecule has 3 nitrogen and oxygen atoms in total. The number of anilines is 1. The molecule has 1 saturated carbocycles. The monoisotopic (exact) mass is 453 g/mol. The van der Waals surface area contributed by atoms with Crippen LogP contribution in [0, 0.1) is 5.82 Å². The molecule has 0 radical (unpaired) electrons. The number of rotatable bonds is 2. The van der Waals surface area contributed by atoms with Gasteiger partial charge in [-0.15, -0.1) is 0 Å². The molecule has 0 bridgehead atoms. The third kappa shape index (κ3) is 3.17. The molecular weight excluding hydrogens is 436 g/mol. The lowest BCUT2D eigenvalue weighted by atomic mass is 9.54. The van der Waals surface area contributed by atoms with Crippen LogP contribution in [0.1, 0.15) is 41.4 Å². The van der Waals surface area contributed by atoms with Crippen LogP contribution in [0.3, 0.4) is 0 Å².